The third kappa shape index (κ3) is 5.67. The van der Waals surface area contributed by atoms with Crippen molar-refractivity contribution in [1.29, 1.82) is 0 Å². The van der Waals surface area contributed by atoms with Gasteiger partial charge in [-0.15, -0.1) is 0 Å². The molecule has 1 N–H and O–H groups in total. The van der Waals surface area contributed by atoms with E-state index < -0.39 is 0 Å². The third-order valence-electron chi connectivity index (χ3n) is 4.51. The Balaban J connectivity index is 1.65. The topological polar surface area (TPSA) is 66.0 Å². The van der Waals surface area contributed by atoms with E-state index in [2.05, 4.69) is 5.32 Å². The van der Waals surface area contributed by atoms with E-state index in [1.54, 1.807) is 51.7 Å². The monoisotopic (exact) mass is 407 g/mol. The zero-order valence-corrected chi connectivity index (χ0v) is 17.3. The molecule has 0 radical (unpaired) electrons. The van der Waals surface area contributed by atoms with Crippen LogP contribution in [-0.4, -0.2) is 27.2 Å². The number of ether oxygens (including phenoxy) is 4. The summed E-state index contributed by atoms with van der Waals surface area (Å²) in [7, 11) is 4.81. The maximum absolute atomic E-state index is 12.4. The zero-order valence-electron chi connectivity index (χ0n) is 17.3. The maximum Gasteiger partial charge on any atom is 0.224 e. The summed E-state index contributed by atoms with van der Waals surface area (Å²) in [6.45, 7) is 0. The van der Waals surface area contributed by atoms with Gasteiger partial charge in [-0.1, -0.05) is 12.1 Å². The summed E-state index contributed by atoms with van der Waals surface area (Å²) in [5.41, 5.74) is 1.68. The highest BCUT2D eigenvalue weighted by atomic mass is 16.5. The Morgan fingerprint density at radius 1 is 0.767 bits per heavy atom. The number of methoxy groups -OCH3 is 3. The summed E-state index contributed by atoms with van der Waals surface area (Å²) in [4.78, 5) is 12.4. The quantitative estimate of drug-likeness (QED) is 0.536. The average Bonchev–Trinajstić information content (AvgIpc) is 2.78. The molecule has 0 saturated heterocycles. The predicted molar refractivity (Wildman–Crippen MR) is 116 cm³/mol. The predicted octanol–water partition coefficient (Wildman–Crippen LogP) is 5.08. The fourth-order valence-electron chi connectivity index (χ4n) is 2.91. The van der Waals surface area contributed by atoms with Crippen molar-refractivity contribution in [3.05, 3.63) is 72.3 Å². The van der Waals surface area contributed by atoms with Gasteiger partial charge in [0.1, 0.15) is 17.2 Å². The average molecular weight is 407 g/mol. The number of amides is 1. The second-order valence-electron chi connectivity index (χ2n) is 6.54. The van der Waals surface area contributed by atoms with Crippen LogP contribution in [0, 0.1) is 0 Å². The third-order valence-corrected chi connectivity index (χ3v) is 4.51. The number of aryl methyl sites for hydroxylation is 1. The highest BCUT2D eigenvalue weighted by molar-refractivity contribution is 5.91. The number of nitrogens with one attached hydrogen (secondary N) is 1. The van der Waals surface area contributed by atoms with E-state index in [-0.39, 0.29) is 5.91 Å². The van der Waals surface area contributed by atoms with Crippen LogP contribution in [0.3, 0.4) is 0 Å². The van der Waals surface area contributed by atoms with Gasteiger partial charge in [-0.2, -0.15) is 0 Å². The summed E-state index contributed by atoms with van der Waals surface area (Å²) < 4.78 is 21.7. The smallest absolute Gasteiger partial charge is 0.224 e. The van der Waals surface area contributed by atoms with E-state index in [0.717, 1.165) is 17.1 Å². The Morgan fingerprint density at radius 3 is 2.20 bits per heavy atom. The number of carbonyl (C=O) groups is 1. The first kappa shape index (κ1) is 21.0. The first-order chi connectivity index (χ1) is 14.6. The Labute approximate surface area is 176 Å². The standard InChI is InChI=1S/C24H25NO5/c1-27-19-9-11-20(12-10-19)30-23-16-18(8-13-22(23)29-3)25-24(26)14-7-17-5-4-6-21(15-17)28-2/h4-6,8-13,15-16H,7,14H2,1-3H3,(H,25,26). The fraction of sp³-hybridized carbons (Fsp3) is 0.208. The van der Waals surface area contributed by atoms with Crippen LogP contribution in [0.4, 0.5) is 5.69 Å². The Kier molecular flexibility index (Phi) is 7.16. The molecule has 1 amide bonds. The molecule has 0 saturated carbocycles. The Morgan fingerprint density at radius 2 is 1.50 bits per heavy atom. The van der Waals surface area contributed by atoms with Crippen molar-refractivity contribution in [2.75, 3.05) is 26.6 Å². The molecule has 3 aromatic carbocycles. The summed E-state index contributed by atoms with van der Waals surface area (Å²) in [5, 5.41) is 2.91. The molecule has 6 heteroatoms. The minimum absolute atomic E-state index is 0.0848. The molecular formula is C24H25NO5. The van der Waals surface area contributed by atoms with Gasteiger partial charge >= 0.3 is 0 Å². The number of rotatable bonds is 9. The van der Waals surface area contributed by atoms with Crippen LogP contribution in [0.25, 0.3) is 0 Å². The highest BCUT2D eigenvalue weighted by Crippen LogP contribution is 2.34. The van der Waals surface area contributed by atoms with Crippen molar-refractivity contribution >= 4 is 11.6 Å². The van der Waals surface area contributed by atoms with Crippen LogP contribution < -0.4 is 24.3 Å². The first-order valence-electron chi connectivity index (χ1n) is 9.54. The van der Waals surface area contributed by atoms with E-state index in [4.69, 9.17) is 18.9 Å². The summed E-state index contributed by atoms with van der Waals surface area (Å²) in [5.74, 6) is 3.15. The van der Waals surface area contributed by atoms with Gasteiger partial charge in [0.25, 0.3) is 0 Å². The normalized spacial score (nSPS) is 10.2. The zero-order chi connectivity index (χ0) is 21.3. The molecule has 3 rings (SSSR count). The van der Waals surface area contributed by atoms with Crippen LogP contribution in [0.2, 0.25) is 0 Å². The van der Waals surface area contributed by atoms with Crippen LogP contribution >= 0.6 is 0 Å². The minimum atomic E-state index is -0.0848. The number of hydrogen-bond acceptors (Lipinski definition) is 5. The lowest BCUT2D eigenvalue weighted by molar-refractivity contribution is -0.116. The summed E-state index contributed by atoms with van der Waals surface area (Å²) in [6, 6.07) is 20.2. The van der Waals surface area contributed by atoms with Crippen molar-refractivity contribution in [3.8, 4) is 28.7 Å². The molecule has 0 aliphatic carbocycles. The first-order valence-corrected chi connectivity index (χ1v) is 9.54. The number of anilines is 1. The van der Waals surface area contributed by atoms with E-state index in [1.807, 2.05) is 36.4 Å². The second kappa shape index (κ2) is 10.2. The molecule has 0 fully saturated rings. The summed E-state index contributed by atoms with van der Waals surface area (Å²) in [6.07, 6.45) is 0.974. The van der Waals surface area contributed by atoms with Crippen LogP contribution in [-0.2, 0) is 11.2 Å². The van der Waals surface area contributed by atoms with Crippen LogP contribution in [0.1, 0.15) is 12.0 Å². The van der Waals surface area contributed by atoms with Crippen LogP contribution in [0.5, 0.6) is 28.7 Å². The van der Waals surface area contributed by atoms with Crippen LogP contribution in [0.15, 0.2) is 66.7 Å². The van der Waals surface area contributed by atoms with Gasteiger partial charge in [-0.25, -0.2) is 0 Å². The second-order valence-corrected chi connectivity index (χ2v) is 6.54. The van der Waals surface area contributed by atoms with Crippen molar-refractivity contribution in [2.45, 2.75) is 12.8 Å². The molecule has 0 atom stereocenters. The van der Waals surface area contributed by atoms with E-state index in [0.29, 0.717) is 35.8 Å². The molecule has 0 spiro atoms. The fourth-order valence-corrected chi connectivity index (χ4v) is 2.91. The van der Waals surface area contributed by atoms with E-state index in [1.165, 1.54) is 0 Å². The lowest BCUT2D eigenvalue weighted by atomic mass is 10.1. The number of benzene rings is 3. The van der Waals surface area contributed by atoms with Crippen molar-refractivity contribution in [3.63, 3.8) is 0 Å². The molecule has 0 aromatic heterocycles. The van der Waals surface area contributed by atoms with E-state index in [9.17, 15) is 4.79 Å². The summed E-state index contributed by atoms with van der Waals surface area (Å²) >= 11 is 0. The van der Waals surface area contributed by atoms with Gasteiger partial charge in [-0.05, 0) is 60.5 Å². The van der Waals surface area contributed by atoms with E-state index >= 15 is 0 Å². The van der Waals surface area contributed by atoms with Crippen molar-refractivity contribution in [1.82, 2.24) is 0 Å². The number of carbonyl (C=O) groups excluding carboxylic acids is 1. The molecule has 156 valence electrons. The minimum Gasteiger partial charge on any atom is -0.497 e. The largest absolute Gasteiger partial charge is 0.497 e. The molecule has 3 aromatic rings. The number of hydrogen-bond donors (Lipinski definition) is 1. The SMILES string of the molecule is COc1ccc(Oc2cc(NC(=O)CCc3cccc(OC)c3)ccc2OC)cc1. The van der Waals surface area contributed by atoms with Gasteiger partial charge in [0.05, 0.1) is 21.3 Å². The Bertz CT molecular complexity index is 985. The lowest BCUT2D eigenvalue weighted by Crippen LogP contribution is -2.12. The highest BCUT2D eigenvalue weighted by Gasteiger charge is 2.10. The van der Waals surface area contributed by atoms with Gasteiger partial charge in [0.15, 0.2) is 11.5 Å². The molecule has 0 aliphatic heterocycles. The molecule has 0 bridgehead atoms. The molecule has 0 aliphatic rings. The Hall–Kier alpha value is -3.67. The molecule has 30 heavy (non-hydrogen) atoms. The van der Waals surface area contributed by atoms with Gasteiger partial charge in [-0.3, -0.25) is 4.79 Å². The van der Waals surface area contributed by atoms with Gasteiger partial charge < -0.3 is 24.3 Å². The molecular weight excluding hydrogens is 382 g/mol. The molecule has 0 heterocycles. The maximum atomic E-state index is 12.4. The van der Waals surface area contributed by atoms with Gasteiger partial charge in [0.2, 0.25) is 5.91 Å². The van der Waals surface area contributed by atoms with Crippen molar-refractivity contribution in [2.24, 2.45) is 0 Å². The molecule has 0 unspecified atom stereocenters. The van der Waals surface area contributed by atoms with Crippen molar-refractivity contribution < 1.29 is 23.7 Å². The lowest BCUT2D eigenvalue weighted by Gasteiger charge is -2.13. The van der Waals surface area contributed by atoms with Gasteiger partial charge in [0, 0.05) is 18.2 Å². The molecule has 6 nitrogen and oxygen atoms in total.